The van der Waals surface area contributed by atoms with Gasteiger partial charge in [-0.15, -0.1) is 0 Å². The minimum absolute atomic E-state index is 0.0918. The summed E-state index contributed by atoms with van der Waals surface area (Å²) in [4.78, 5) is 8.26. The average molecular weight is 227 g/mol. The molecule has 0 radical (unpaired) electrons. The van der Waals surface area contributed by atoms with Gasteiger partial charge >= 0.3 is 0 Å². The maximum Gasteiger partial charge on any atom is 0.0757 e. The van der Waals surface area contributed by atoms with Crippen LogP contribution < -0.4 is 5.73 Å². The van der Waals surface area contributed by atoms with Crippen molar-refractivity contribution in [1.29, 1.82) is 0 Å². The van der Waals surface area contributed by atoms with Gasteiger partial charge in [0.05, 0.1) is 11.7 Å². The largest absolute Gasteiger partial charge is 0.322 e. The van der Waals surface area contributed by atoms with Crippen molar-refractivity contribution in [3.05, 3.63) is 59.2 Å². The third-order valence-corrected chi connectivity index (χ3v) is 2.99. The fourth-order valence-corrected chi connectivity index (χ4v) is 1.79. The maximum absolute atomic E-state index is 6.11. The summed E-state index contributed by atoms with van der Waals surface area (Å²) in [6, 6.07) is 6.35. The van der Waals surface area contributed by atoms with Crippen LogP contribution >= 0.6 is 0 Å². The Kier molecular flexibility index (Phi) is 3.49. The number of benzene rings is 1. The maximum atomic E-state index is 6.11. The zero-order chi connectivity index (χ0) is 12.3. The molecule has 1 heterocycles. The van der Waals surface area contributed by atoms with Crippen molar-refractivity contribution in [2.75, 3.05) is 0 Å². The van der Waals surface area contributed by atoms with E-state index in [1.807, 2.05) is 0 Å². The molecule has 1 aromatic heterocycles. The molecular weight excluding hydrogens is 210 g/mol. The molecule has 2 rings (SSSR count). The Labute approximate surface area is 102 Å². The van der Waals surface area contributed by atoms with Crippen LogP contribution in [0.25, 0.3) is 0 Å². The summed E-state index contributed by atoms with van der Waals surface area (Å²) in [5.74, 6) is 0. The highest BCUT2D eigenvalue weighted by atomic mass is 14.8. The Hall–Kier alpha value is -1.74. The number of rotatable bonds is 3. The number of aromatic nitrogens is 2. The SMILES string of the molecule is Cc1ccc(CC(N)c2cnccn2)cc1C. The van der Waals surface area contributed by atoms with Gasteiger partial charge < -0.3 is 5.73 Å². The molecule has 2 N–H and O–H groups in total. The summed E-state index contributed by atoms with van der Waals surface area (Å²) >= 11 is 0. The Morgan fingerprint density at radius 1 is 1.18 bits per heavy atom. The molecule has 0 aliphatic rings. The van der Waals surface area contributed by atoms with E-state index in [9.17, 15) is 0 Å². The van der Waals surface area contributed by atoms with Gasteiger partial charge in [-0.1, -0.05) is 18.2 Å². The monoisotopic (exact) mass is 227 g/mol. The van der Waals surface area contributed by atoms with Crippen LogP contribution in [0.4, 0.5) is 0 Å². The summed E-state index contributed by atoms with van der Waals surface area (Å²) in [6.07, 6.45) is 5.85. The molecule has 0 aliphatic carbocycles. The first-order valence-corrected chi connectivity index (χ1v) is 5.74. The van der Waals surface area contributed by atoms with Crippen LogP contribution in [0, 0.1) is 13.8 Å². The van der Waals surface area contributed by atoms with Crippen molar-refractivity contribution in [2.45, 2.75) is 26.3 Å². The number of aryl methyl sites for hydroxylation is 2. The van der Waals surface area contributed by atoms with Crippen molar-refractivity contribution in [3.8, 4) is 0 Å². The first-order chi connectivity index (χ1) is 8.16. The van der Waals surface area contributed by atoms with Crippen LogP contribution in [0.3, 0.4) is 0 Å². The van der Waals surface area contributed by atoms with Gasteiger partial charge in [0.15, 0.2) is 0 Å². The third kappa shape index (κ3) is 2.88. The van der Waals surface area contributed by atoms with Crippen LogP contribution in [0.5, 0.6) is 0 Å². The van der Waals surface area contributed by atoms with Crippen LogP contribution in [0.2, 0.25) is 0 Å². The van der Waals surface area contributed by atoms with E-state index < -0.39 is 0 Å². The summed E-state index contributed by atoms with van der Waals surface area (Å²) in [7, 11) is 0. The molecule has 2 aromatic rings. The van der Waals surface area contributed by atoms with Gasteiger partial charge in [-0.3, -0.25) is 9.97 Å². The molecular formula is C14H17N3. The topological polar surface area (TPSA) is 51.8 Å². The fraction of sp³-hybridized carbons (Fsp3) is 0.286. The van der Waals surface area contributed by atoms with Crippen LogP contribution in [-0.4, -0.2) is 9.97 Å². The van der Waals surface area contributed by atoms with Crippen molar-refractivity contribution in [1.82, 2.24) is 9.97 Å². The lowest BCUT2D eigenvalue weighted by Gasteiger charge is -2.11. The molecule has 3 heteroatoms. The first-order valence-electron chi connectivity index (χ1n) is 5.74. The number of hydrogen-bond acceptors (Lipinski definition) is 3. The van der Waals surface area contributed by atoms with Gasteiger partial charge in [-0.2, -0.15) is 0 Å². The van der Waals surface area contributed by atoms with E-state index in [2.05, 4.69) is 42.0 Å². The second-order valence-corrected chi connectivity index (χ2v) is 4.36. The minimum atomic E-state index is -0.0918. The smallest absolute Gasteiger partial charge is 0.0757 e. The van der Waals surface area contributed by atoms with E-state index in [4.69, 9.17) is 5.73 Å². The van der Waals surface area contributed by atoms with Gasteiger partial charge in [0, 0.05) is 18.6 Å². The molecule has 0 aliphatic heterocycles. The van der Waals surface area contributed by atoms with Gasteiger partial charge in [0.1, 0.15) is 0 Å². The summed E-state index contributed by atoms with van der Waals surface area (Å²) in [5, 5.41) is 0. The molecule has 3 nitrogen and oxygen atoms in total. The van der Waals surface area contributed by atoms with E-state index >= 15 is 0 Å². The third-order valence-electron chi connectivity index (χ3n) is 2.99. The Balaban J connectivity index is 2.13. The molecule has 17 heavy (non-hydrogen) atoms. The van der Waals surface area contributed by atoms with Crippen LogP contribution in [0.15, 0.2) is 36.8 Å². The van der Waals surface area contributed by atoms with Gasteiger partial charge in [-0.05, 0) is 37.0 Å². The highest BCUT2D eigenvalue weighted by molar-refractivity contribution is 5.30. The zero-order valence-electron chi connectivity index (χ0n) is 10.2. The summed E-state index contributed by atoms with van der Waals surface area (Å²) < 4.78 is 0. The van der Waals surface area contributed by atoms with Crippen molar-refractivity contribution in [3.63, 3.8) is 0 Å². The predicted molar refractivity (Wildman–Crippen MR) is 68.6 cm³/mol. The molecule has 1 atom stereocenters. The van der Waals surface area contributed by atoms with Gasteiger partial charge in [0.2, 0.25) is 0 Å². The highest BCUT2D eigenvalue weighted by Crippen LogP contribution is 2.16. The first kappa shape index (κ1) is 11.7. The second-order valence-electron chi connectivity index (χ2n) is 4.36. The number of nitrogens with two attached hydrogens (primary N) is 1. The lowest BCUT2D eigenvalue weighted by atomic mass is 10.00. The molecule has 1 unspecified atom stereocenters. The van der Waals surface area contributed by atoms with Gasteiger partial charge in [0.25, 0.3) is 0 Å². The molecule has 0 spiro atoms. The summed E-state index contributed by atoms with van der Waals surface area (Å²) in [6.45, 7) is 4.23. The van der Waals surface area contributed by atoms with Crippen molar-refractivity contribution >= 4 is 0 Å². The van der Waals surface area contributed by atoms with E-state index in [1.54, 1.807) is 18.6 Å². The Morgan fingerprint density at radius 2 is 2.00 bits per heavy atom. The number of nitrogens with zero attached hydrogens (tertiary/aromatic N) is 2. The van der Waals surface area contributed by atoms with Crippen molar-refractivity contribution < 1.29 is 0 Å². The number of hydrogen-bond donors (Lipinski definition) is 1. The lowest BCUT2D eigenvalue weighted by molar-refractivity contribution is 0.690. The summed E-state index contributed by atoms with van der Waals surface area (Å²) in [5.41, 5.74) is 10.8. The van der Waals surface area contributed by atoms with Crippen LogP contribution in [0.1, 0.15) is 28.4 Å². The van der Waals surface area contributed by atoms with E-state index in [0.29, 0.717) is 0 Å². The molecule has 0 amide bonds. The fourth-order valence-electron chi connectivity index (χ4n) is 1.79. The molecule has 0 bridgehead atoms. The standard InChI is InChI=1S/C14H17N3/c1-10-3-4-12(7-11(10)2)8-13(15)14-9-16-5-6-17-14/h3-7,9,13H,8,15H2,1-2H3. The van der Waals surface area contributed by atoms with E-state index in [1.165, 1.54) is 16.7 Å². The zero-order valence-corrected chi connectivity index (χ0v) is 10.2. The lowest BCUT2D eigenvalue weighted by Crippen LogP contribution is -2.15. The van der Waals surface area contributed by atoms with Gasteiger partial charge in [-0.25, -0.2) is 0 Å². The predicted octanol–water partition coefficient (Wildman–Crippen LogP) is 2.34. The van der Waals surface area contributed by atoms with E-state index in [0.717, 1.165) is 12.1 Å². The van der Waals surface area contributed by atoms with E-state index in [-0.39, 0.29) is 6.04 Å². The minimum Gasteiger partial charge on any atom is -0.322 e. The quantitative estimate of drug-likeness (QED) is 0.875. The normalized spacial score (nSPS) is 12.4. The average Bonchev–Trinajstić information content (AvgIpc) is 2.35. The molecule has 1 aromatic carbocycles. The molecule has 88 valence electrons. The molecule has 0 saturated heterocycles. The Bertz CT molecular complexity index is 494. The van der Waals surface area contributed by atoms with Crippen LogP contribution in [-0.2, 0) is 6.42 Å². The molecule has 0 fully saturated rings. The molecule has 0 saturated carbocycles. The Morgan fingerprint density at radius 3 is 2.65 bits per heavy atom. The highest BCUT2D eigenvalue weighted by Gasteiger charge is 2.08. The second kappa shape index (κ2) is 5.06. The van der Waals surface area contributed by atoms with Crippen molar-refractivity contribution in [2.24, 2.45) is 5.73 Å².